The summed E-state index contributed by atoms with van der Waals surface area (Å²) in [6, 6.07) is 0. The fourth-order valence-electron chi connectivity index (χ4n) is 0.577. The van der Waals surface area contributed by atoms with E-state index in [9.17, 15) is 0 Å². The second-order valence-electron chi connectivity index (χ2n) is 1.61. The van der Waals surface area contributed by atoms with E-state index in [4.69, 9.17) is 9.47 Å². The van der Waals surface area contributed by atoms with Gasteiger partial charge in [-0.15, -0.1) is 12.6 Å². The van der Waals surface area contributed by atoms with Crippen LogP contribution in [0.4, 0.5) is 0 Å². The molecule has 0 aromatic rings. The molecule has 50 valence electrons. The number of thiol groups is 1. The Bertz CT molecular complexity index is 151. The zero-order chi connectivity index (χ0) is 6.69. The zero-order valence-electron chi connectivity index (χ0n) is 4.96. The van der Waals surface area contributed by atoms with Crippen LogP contribution in [0.25, 0.3) is 0 Å². The van der Waals surface area contributed by atoms with Gasteiger partial charge in [-0.1, -0.05) is 6.58 Å². The summed E-state index contributed by atoms with van der Waals surface area (Å²) >= 11 is 3.89. The van der Waals surface area contributed by atoms with Crippen LogP contribution in [0.3, 0.4) is 0 Å². The van der Waals surface area contributed by atoms with Crippen molar-refractivity contribution < 1.29 is 9.47 Å². The van der Waals surface area contributed by atoms with E-state index in [1.165, 1.54) is 0 Å². The number of hydrogen-bond acceptors (Lipinski definition) is 3. The lowest BCUT2D eigenvalue weighted by molar-refractivity contribution is 0.0611. The fourth-order valence-corrected chi connectivity index (χ4v) is 0.796. The van der Waals surface area contributed by atoms with Gasteiger partial charge in [0.1, 0.15) is 13.2 Å². The SMILES string of the molecule is C=C1OCCO/C1=C/S. The third kappa shape index (κ3) is 1.42. The molecule has 1 rings (SSSR count). The van der Waals surface area contributed by atoms with Gasteiger partial charge in [0.15, 0.2) is 11.5 Å². The Hall–Kier alpha value is -0.570. The van der Waals surface area contributed by atoms with Crippen molar-refractivity contribution in [3.05, 3.63) is 23.5 Å². The normalized spacial score (nSPS) is 23.2. The molecule has 1 aliphatic rings. The van der Waals surface area contributed by atoms with Crippen molar-refractivity contribution in [2.45, 2.75) is 0 Å². The van der Waals surface area contributed by atoms with Gasteiger partial charge in [0.2, 0.25) is 0 Å². The fraction of sp³-hybridized carbons (Fsp3) is 0.333. The van der Waals surface area contributed by atoms with Gasteiger partial charge in [-0.25, -0.2) is 0 Å². The first-order valence-electron chi connectivity index (χ1n) is 2.64. The zero-order valence-corrected chi connectivity index (χ0v) is 5.86. The first kappa shape index (κ1) is 6.55. The van der Waals surface area contributed by atoms with Crippen LogP contribution in [0.2, 0.25) is 0 Å². The molecule has 1 fully saturated rings. The third-order valence-electron chi connectivity index (χ3n) is 1.01. The predicted molar refractivity (Wildman–Crippen MR) is 38.1 cm³/mol. The Morgan fingerprint density at radius 3 is 2.56 bits per heavy atom. The molecule has 0 unspecified atom stereocenters. The van der Waals surface area contributed by atoms with Crippen molar-refractivity contribution in [2.24, 2.45) is 0 Å². The average Bonchev–Trinajstić information content (AvgIpc) is 1.89. The number of rotatable bonds is 0. The van der Waals surface area contributed by atoms with Crippen LogP contribution in [-0.4, -0.2) is 13.2 Å². The number of hydrogen-bond donors (Lipinski definition) is 1. The lowest BCUT2D eigenvalue weighted by Gasteiger charge is -2.18. The lowest BCUT2D eigenvalue weighted by atomic mass is 10.4. The van der Waals surface area contributed by atoms with Crippen LogP contribution in [-0.2, 0) is 9.47 Å². The van der Waals surface area contributed by atoms with Gasteiger partial charge >= 0.3 is 0 Å². The van der Waals surface area contributed by atoms with Gasteiger partial charge in [0.05, 0.1) is 0 Å². The Labute approximate surface area is 59.6 Å². The van der Waals surface area contributed by atoms with Crippen LogP contribution < -0.4 is 0 Å². The van der Waals surface area contributed by atoms with Crippen LogP contribution in [0, 0.1) is 0 Å². The van der Waals surface area contributed by atoms with E-state index in [0.29, 0.717) is 24.7 Å². The minimum atomic E-state index is 0.566. The molecule has 0 amide bonds. The molecule has 0 aliphatic carbocycles. The molecule has 0 aromatic heterocycles. The molecule has 1 saturated heterocycles. The van der Waals surface area contributed by atoms with Gasteiger partial charge in [-0.2, -0.15) is 0 Å². The summed E-state index contributed by atoms with van der Waals surface area (Å²) < 4.78 is 10.1. The van der Waals surface area contributed by atoms with E-state index in [-0.39, 0.29) is 0 Å². The molecular weight excluding hydrogens is 136 g/mol. The van der Waals surface area contributed by atoms with Crippen molar-refractivity contribution in [3.8, 4) is 0 Å². The second kappa shape index (κ2) is 2.82. The standard InChI is InChI=1S/C6H8O2S/c1-5-6(4-9)8-3-2-7-5/h4,9H,1-3H2/b6-4+. The van der Waals surface area contributed by atoms with Crippen molar-refractivity contribution in [1.29, 1.82) is 0 Å². The summed E-state index contributed by atoms with van der Waals surface area (Å²) in [6.45, 7) is 4.78. The Balaban J connectivity index is 2.60. The Kier molecular flexibility index (Phi) is 2.05. The monoisotopic (exact) mass is 144 g/mol. The van der Waals surface area contributed by atoms with E-state index < -0.39 is 0 Å². The molecule has 0 radical (unpaired) electrons. The molecule has 3 heteroatoms. The van der Waals surface area contributed by atoms with E-state index in [0.717, 1.165) is 0 Å². The Morgan fingerprint density at radius 2 is 2.11 bits per heavy atom. The van der Waals surface area contributed by atoms with Crippen LogP contribution in [0.5, 0.6) is 0 Å². The smallest absolute Gasteiger partial charge is 0.166 e. The van der Waals surface area contributed by atoms with Crippen LogP contribution in [0.15, 0.2) is 23.5 Å². The quantitative estimate of drug-likeness (QED) is 0.517. The van der Waals surface area contributed by atoms with Crippen LogP contribution in [0.1, 0.15) is 0 Å². The largest absolute Gasteiger partial charge is 0.487 e. The second-order valence-corrected chi connectivity index (χ2v) is 1.87. The highest BCUT2D eigenvalue weighted by molar-refractivity contribution is 7.83. The maximum atomic E-state index is 5.10. The van der Waals surface area contributed by atoms with Gasteiger partial charge in [-0.3, -0.25) is 0 Å². The third-order valence-corrected chi connectivity index (χ3v) is 1.24. The summed E-state index contributed by atoms with van der Waals surface area (Å²) in [4.78, 5) is 0. The highest BCUT2D eigenvalue weighted by Crippen LogP contribution is 2.15. The highest BCUT2D eigenvalue weighted by Gasteiger charge is 2.09. The molecular formula is C6H8O2S. The molecule has 9 heavy (non-hydrogen) atoms. The van der Waals surface area contributed by atoms with E-state index >= 15 is 0 Å². The molecule has 1 aliphatic heterocycles. The van der Waals surface area contributed by atoms with Gasteiger partial charge in [0, 0.05) is 5.41 Å². The molecule has 0 spiro atoms. The number of ether oxygens (including phenoxy) is 2. The van der Waals surface area contributed by atoms with Crippen LogP contribution >= 0.6 is 12.6 Å². The van der Waals surface area contributed by atoms with Crippen molar-refractivity contribution >= 4 is 12.6 Å². The first-order valence-corrected chi connectivity index (χ1v) is 3.15. The van der Waals surface area contributed by atoms with Gasteiger partial charge in [0.25, 0.3) is 0 Å². The predicted octanol–water partition coefficient (Wildman–Crippen LogP) is 1.32. The molecule has 0 aromatic carbocycles. The first-order chi connectivity index (χ1) is 4.34. The molecule has 2 nitrogen and oxygen atoms in total. The van der Waals surface area contributed by atoms with E-state index in [1.54, 1.807) is 5.41 Å². The summed E-state index contributed by atoms with van der Waals surface area (Å²) in [5, 5.41) is 1.54. The Morgan fingerprint density at radius 1 is 1.44 bits per heavy atom. The minimum Gasteiger partial charge on any atom is -0.487 e. The summed E-state index contributed by atoms with van der Waals surface area (Å²) in [7, 11) is 0. The topological polar surface area (TPSA) is 18.5 Å². The van der Waals surface area contributed by atoms with E-state index in [2.05, 4.69) is 19.2 Å². The molecule has 1 heterocycles. The highest BCUT2D eigenvalue weighted by atomic mass is 32.1. The van der Waals surface area contributed by atoms with Gasteiger partial charge in [-0.05, 0) is 0 Å². The summed E-state index contributed by atoms with van der Waals surface area (Å²) in [6.07, 6.45) is 0. The molecule has 0 bridgehead atoms. The lowest BCUT2D eigenvalue weighted by Crippen LogP contribution is -2.12. The molecule has 0 atom stereocenters. The maximum Gasteiger partial charge on any atom is 0.166 e. The van der Waals surface area contributed by atoms with Crippen molar-refractivity contribution in [1.82, 2.24) is 0 Å². The minimum absolute atomic E-state index is 0.566. The van der Waals surface area contributed by atoms with Crippen molar-refractivity contribution in [2.75, 3.05) is 13.2 Å². The summed E-state index contributed by atoms with van der Waals surface area (Å²) in [5.41, 5.74) is 0. The average molecular weight is 144 g/mol. The van der Waals surface area contributed by atoms with E-state index in [1.807, 2.05) is 0 Å². The van der Waals surface area contributed by atoms with Crippen molar-refractivity contribution in [3.63, 3.8) is 0 Å². The molecule has 0 N–H and O–H groups in total. The van der Waals surface area contributed by atoms with Gasteiger partial charge < -0.3 is 9.47 Å². The maximum absolute atomic E-state index is 5.10. The summed E-state index contributed by atoms with van der Waals surface area (Å²) in [5.74, 6) is 1.20. The molecule has 0 saturated carbocycles.